The zero-order chi connectivity index (χ0) is 13.7. The fourth-order valence-electron chi connectivity index (χ4n) is 1.87. The van der Waals surface area contributed by atoms with E-state index in [0.29, 0.717) is 0 Å². The van der Waals surface area contributed by atoms with Crippen molar-refractivity contribution in [2.45, 2.75) is 33.7 Å². The first-order chi connectivity index (χ1) is 9.19. The second kappa shape index (κ2) is 6.62. The van der Waals surface area contributed by atoms with Crippen LogP contribution in [0.2, 0.25) is 0 Å². The van der Waals surface area contributed by atoms with Crippen molar-refractivity contribution in [1.29, 1.82) is 0 Å². The van der Waals surface area contributed by atoms with Crippen LogP contribution in [0.15, 0.2) is 30.3 Å². The Labute approximate surface area is 119 Å². The van der Waals surface area contributed by atoms with E-state index in [4.69, 9.17) is 4.74 Å². The van der Waals surface area contributed by atoms with Crippen LogP contribution in [0, 0.1) is 13.8 Å². The zero-order valence-electron chi connectivity index (χ0n) is 11.8. The highest BCUT2D eigenvalue weighted by atomic mass is 32.1. The quantitative estimate of drug-likeness (QED) is 0.820. The highest BCUT2D eigenvalue weighted by Gasteiger charge is 2.04. The van der Waals surface area contributed by atoms with E-state index in [9.17, 15) is 0 Å². The lowest BCUT2D eigenvalue weighted by Gasteiger charge is -2.13. The van der Waals surface area contributed by atoms with Crippen LogP contribution in [-0.4, -0.2) is 6.61 Å². The van der Waals surface area contributed by atoms with Gasteiger partial charge in [0.2, 0.25) is 0 Å². The predicted octanol–water partition coefficient (Wildman–Crippen LogP) is 4.77. The van der Waals surface area contributed by atoms with Crippen LogP contribution < -0.4 is 10.1 Å². The summed E-state index contributed by atoms with van der Waals surface area (Å²) >= 11 is 1.83. The Kier molecular flexibility index (Phi) is 4.86. The van der Waals surface area contributed by atoms with E-state index in [-0.39, 0.29) is 0 Å². The van der Waals surface area contributed by atoms with Gasteiger partial charge >= 0.3 is 0 Å². The number of benzene rings is 1. The van der Waals surface area contributed by atoms with Gasteiger partial charge in [-0.25, -0.2) is 0 Å². The van der Waals surface area contributed by atoms with Crippen LogP contribution in [0.3, 0.4) is 0 Å². The van der Waals surface area contributed by atoms with Gasteiger partial charge in [-0.05, 0) is 50.1 Å². The molecule has 0 amide bonds. The van der Waals surface area contributed by atoms with Crippen molar-refractivity contribution in [1.82, 2.24) is 0 Å². The summed E-state index contributed by atoms with van der Waals surface area (Å²) in [5, 5.41) is 3.46. The van der Waals surface area contributed by atoms with E-state index in [1.54, 1.807) is 0 Å². The predicted molar refractivity (Wildman–Crippen MR) is 83.3 cm³/mol. The monoisotopic (exact) mass is 275 g/mol. The smallest absolute Gasteiger partial charge is 0.142 e. The van der Waals surface area contributed by atoms with E-state index >= 15 is 0 Å². The number of hydrogen-bond acceptors (Lipinski definition) is 3. The Balaban J connectivity index is 2.05. The van der Waals surface area contributed by atoms with Crippen LogP contribution >= 0.6 is 11.3 Å². The molecule has 3 heteroatoms. The number of rotatable bonds is 6. The van der Waals surface area contributed by atoms with Gasteiger partial charge in [0, 0.05) is 16.3 Å². The van der Waals surface area contributed by atoms with Gasteiger partial charge in [0.25, 0.3) is 0 Å². The molecular weight excluding hydrogens is 254 g/mol. The van der Waals surface area contributed by atoms with Gasteiger partial charge in [-0.2, -0.15) is 0 Å². The second-order valence-electron chi connectivity index (χ2n) is 4.71. The van der Waals surface area contributed by atoms with E-state index in [0.717, 1.165) is 31.0 Å². The molecule has 0 radical (unpaired) electrons. The minimum absolute atomic E-state index is 0.760. The maximum atomic E-state index is 5.80. The summed E-state index contributed by atoms with van der Waals surface area (Å²) < 4.78 is 5.80. The molecule has 1 aromatic carbocycles. The van der Waals surface area contributed by atoms with Gasteiger partial charge in [0.1, 0.15) is 5.75 Å². The Morgan fingerprint density at radius 2 is 2.00 bits per heavy atom. The molecule has 102 valence electrons. The molecule has 1 aromatic heterocycles. The maximum Gasteiger partial charge on any atom is 0.142 e. The van der Waals surface area contributed by atoms with Crippen molar-refractivity contribution in [2.24, 2.45) is 0 Å². The van der Waals surface area contributed by atoms with Gasteiger partial charge in [0.05, 0.1) is 12.3 Å². The summed E-state index contributed by atoms with van der Waals surface area (Å²) in [5.74, 6) is 0.954. The number of aryl methyl sites for hydroxylation is 2. The molecule has 2 nitrogen and oxygen atoms in total. The largest absolute Gasteiger partial charge is 0.491 e. The van der Waals surface area contributed by atoms with Crippen LogP contribution in [0.4, 0.5) is 5.69 Å². The second-order valence-corrected chi connectivity index (χ2v) is 6.09. The molecule has 0 aliphatic heterocycles. The normalized spacial score (nSPS) is 10.5. The van der Waals surface area contributed by atoms with Crippen LogP contribution in [0.25, 0.3) is 0 Å². The molecule has 0 fully saturated rings. The number of thiophene rings is 1. The summed E-state index contributed by atoms with van der Waals surface area (Å²) in [7, 11) is 0. The molecule has 0 saturated carbocycles. The van der Waals surface area contributed by atoms with Gasteiger partial charge in [-0.1, -0.05) is 13.0 Å². The van der Waals surface area contributed by atoms with E-state index in [1.165, 1.54) is 15.3 Å². The number of ether oxygens (including phenoxy) is 1. The van der Waals surface area contributed by atoms with Crippen molar-refractivity contribution < 1.29 is 4.74 Å². The summed E-state index contributed by atoms with van der Waals surface area (Å²) in [6.45, 7) is 7.96. The molecule has 1 heterocycles. The maximum absolute atomic E-state index is 5.80. The van der Waals surface area contributed by atoms with Crippen LogP contribution in [0.1, 0.15) is 28.7 Å². The molecule has 1 N–H and O–H groups in total. The molecule has 0 spiro atoms. The van der Waals surface area contributed by atoms with Crippen molar-refractivity contribution in [3.05, 3.63) is 45.6 Å². The number of anilines is 1. The van der Waals surface area contributed by atoms with Crippen molar-refractivity contribution in [2.75, 3.05) is 11.9 Å². The lowest BCUT2D eigenvalue weighted by molar-refractivity contribution is 0.318. The van der Waals surface area contributed by atoms with Gasteiger partial charge in [-0.15, -0.1) is 11.3 Å². The molecule has 19 heavy (non-hydrogen) atoms. The Hall–Kier alpha value is -1.48. The highest BCUT2D eigenvalue weighted by molar-refractivity contribution is 7.11. The molecule has 0 atom stereocenters. The molecular formula is C16H21NOS. The Bertz CT molecular complexity index is 533. The Morgan fingerprint density at radius 3 is 2.68 bits per heavy atom. The fraction of sp³-hybridized carbons (Fsp3) is 0.375. The van der Waals surface area contributed by atoms with Crippen molar-refractivity contribution in [3.63, 3.8) is 0 Å². The molecule has 2 aromatic rings. The topological polar surface area (TPSA) is 21.3 Å². The first-order valence-electron chi connectivity index (χ1n) is 6.71. The average Bonchev–Trinajstić information content (AvgIpc) is 2.81. The molecule has 0 bridgehead atoms. The average molecular weight is 275 g/mol. The van der Waals surface area contributed by atoms with E-state index in [1.807, 2.05) is 11.3 Å². The van der Waals surface area contributed by atoms with Crippen LogP contribution in [-0.2, 0) is 6.54 Å². The minimum atomic E-state index is 0.760. The number of hydrogen-bond donors (Lipinski definition) is 1. The van der Waals surface area contributed by atoms with E-state index in [2.05, 4.69) is 56.4 Å². The summed E-state index contributed by atoms with van der Waals surface area (Å²) in [6.07, 6.45) is 1.03. The molecule has 0 unspecified atom stereocenters. The standard InChI is InChI=1S/C16H21NOS/c1-4-9-18-16-10-12(2)5-8-15(16)17-11-14-7-6-13(3)19-14/h5-8,10,17H,4,9,11H2,1-3H3. The van der Waals surface area contributed by atoms with Crippen molar-refractivity contribution in [3.8, 4) is 5.75 Å². The third kappa shape index (κ3) is 4.00. The third-order valence-electron chi connectivity index (χ3n) is 2.85. The first-order valence-corrected chi connectivity index (χ1v) is 7.53. The fourth-order valence-corrected chi connectivity index (χ4v) is 2.70. The summed E-state index contributed by atoms with van der Waals surface area (Å²) in [5.41, 5.74) is 2.30. The van der Waals surface area contributed by atoms with E-state index < -0.39 is 0 Å². The number of nitrogens with one attached hydrogen (secondary N) is 1. The molecule has 2 rings (SSSR count). The Morgan fingerprint density at radius 1 is 1.16 bits per heavy atom. The highest BCUT2D eigenvalue weighted by Crippen LogP contribution is 2.27. The zero-order valence-corrected chi connectivity index (χ0v) is 12.6. The lowest BCUT2D eigenvalue weighted by atomic mass is 10.2. The SMILES string of the molecule is CCCOc1cc(C)ccc1NCc1ccc(C)s1. The van der Waals surface area contributed by atoms with Gasteiger partial charge in [0.15, 0.2) is 0 Å². The summed E-state index contributed by atoms with van der Waals surface area (Å²) in [4.78, 5) is 2.70. The lowest BCUT2D eigenvalue weighted by Crippen LogP contribution is -2.03. The third-order valence-corrected chi connectivity index (χ3v) is 3.85. The summed E-state index contributed by atoms with van der Waals surface area (Å²) in [6, 6.07) is 10.6. The first kappa shape index (κ1) is 13.9. The van der Waals surface area contributed by atoms with Gasteiger partial charge < -0.3 is 10.1 Å². The van der Waals surface area contributed by atoms with Gasteiger partial charge in [-0.3, -0.25) is 0 Å². The minimum Gasteiger partial charge on any atom is -0.491 e. The van der Waals surface area contributed by atoms with Crippen molar-refractivity contribution >= 4 is 17.0 Å². The molecule has 0 saturated heterocycles. The molecule has 0 aliphatic rings. The van der Waals surface area contributed by atoms with Crippen LogP contribution in [0.5, 0.6) is 5.75 Å². The molecule has 0 aliphatic carbocycles.